The lowest BCUT2D eigenvalue weighted by Crippen LogP contribution is -2.48. The standard InChI is InChI=1S/C11H17N3O3S/c1-8-6-14(7-9(2)17-8)18(15,16)11-3-10(12)4-13-5-11/h3-5,8-9H,6-7,12H2,1-2H3. The van der Waals surface area contributed by atoms with E-state index in [2.05, 4.69) is 4.98 Å². The second-order valence-electron chi connectivity index (χ2n) is 4.53. The van der Waals surface area contributed by atoms with Crippen LogP contribution in [0.25, 0.3) is 0 Å². The number of ether oxygens (including phenoxy) is 1. The van der Waals surface area contributed by atoms with Gasteiger partial charge in [0, 0.05) is 25.5 Å². The number of sulfonamides is 1. The zero-order valence-electron chi connectivity index (χ0n) is 10.4. The number of morpholine rings is 1. The fourth-order valence-corrected chi connectivity index (χ4v) is 3.64. The molecule has 0 bridgehead atoms. The highest BCUT2D eigenvalue weighted by Gasteiger charge is 2.32. The van der Waals surface area contributed by atoms with Gasteiger partial charge in [-0.2, -0.15) is 4.31 Å². The van der Waals surface area contributed by atoms with Gasteiger partial charge in [0.2, 0.25) is 10.0 Å². The van der Waals surface area contributed by atoms with Gasteiger partial charge in [-0.05, 0) is 19.9 Å². The largest absolute Gasteiger partial charge is 0.397 e. The van der Waals surface area contributed by atoms with Crippen molar-refractivity contribution in [1.82, 2.24) is 9.29 Å². The number of hydrogen-bond acceptors (Lipinski definition) is 5. The fraction of sp³-hybridized carbons (Fsp3) is 0.545. The molecule has 2 N–H and O–H groups in total. The van der Waals surface area contributed by atoms with Crippen LogP contribution in [0.3, 0.4) is 0 Å². The van der Waals surface area contributed by atoms with Gasteiger partial charge in [-0.15, -0.1) is 0 Å². The van der Waals surface area contributed by atoms with Gasteiger partial charge in [0.05, 0.1) is 17.9 Å². The monoisotopic (exact) mass is 271 g/mol. The summed E-state index contributed by atoms with van der Waals surface area (Å²) in [5.41, 5.74) is 5.91. The number of hydrogen-bond donors (Lipinski definition) is 1. The fourth-order valence-electron chi connectivity index (χ4n) is 2.05. The number of nitrogens with two attached hydrogens (primary N) is 1. The molecule has 7 heteroatoms. The molecule has 0 saturated carbocycles. The predicted molar refractivity (Wildman–Crippen MR) is 67.4 cm³/mol. The molecule has 0 amide bonds. The smallest absolute Gasteiger partial charge is 0.244 e. The Morgan fingerprint density at radius 2 is 1.94 bits per heavy atom. The van der Waals surface area contributed by atoms with Gasteiger partial charge < -0.3 is 10.5 Å². The average molecular weight is 271 g/mol. The van der Waals surface area contributed by atoms with Crippen LogP contribution in [0.2, 0.25) is 0 Å². The van der Waals surface area contributed by atoms with Crippen molar-refractivity contribution in [3.05, 3.63) is 18.5 Å². The molecule has 0 aliphatic carbocycles. The highest BCUT2D eigenvalue weighted by Crippen LogP contribution is 2.21. The van der Waals surface area contributed by atoms with Crippen molar-refractivity contribution >= 4 is 15.7 Å². The van der Waals surface area contributed by atoms with Crippen LogP contribution >= 0.6 is 0 Å². The first-order chi connectivity index (χ1) is 8.39. The number of nitrogen functional groups attached to an aromatic ring is 1. The topological polar surface area (TPSA) is 85.5 Å². The Balaban J connectivity index is 2.31. The minimum absolute atomic E-state index is 0.113. The van der Waals surface area contributed by atoms with Crippen molar-refractivity contribution in [3.8, 4) is 0 Å². The first-order valence-electron chi connectivity index (χ1n) is 5.75. The summed E-state index contributed by atoms with van der Waals surface area (Å²) in [5.74, 6) is 0. The van der Waals surface area contributed by atoms with Crippen molar-refractivity contribution in [3.63, 3.8) is 0 Å². The maximum atomic E-state index is 12.4. The second-order valence-corrected chi connectivity index (χ2v) is 6.47. The Morgan fingerprint density at radius 1 is 1.33 bits per heavy atom. The maximum Gasteiger partial charge on any atom is 0.244 e. The van der Waals surface area contributed by atoms with Crippen LogP contribution in [-0.4, -0.2) is 43.0 Å². The van der Waals surface area contributed by atoms with Crippen LogP contribution in [0.5, 0.6) is 0 Å². The molecule has 2 unspecified atom stereocenters. The zero-order valence-corrected chi connectivity index (χ0v) is 11.2. The van der Waals surface area contributed by atoms with Gasteiger partial charge in [-0.25, -0.2) is 8.42 Å². The van der Waals surface area contributed by atoms with Crippen molar-refractivity contribution in [2.24, 2.45) is 0 Å². The van der Waals surface area contributed by atoms with E-state index in [4.69, 9.17) is 10.5 Å². The van der Waals surface area contributed by atoms with Crippen molar-refractivity contribution in [2.45, 2.75) is 31.0 Å². The van der Waals surface area contributed by atoms with E-state index in [0.29, 0.717) is 18.8 Å². The molecule has 0 spiro atoms. The number of pyridine rings is 1. The molecule has 1 aromatic heterocycles. The van der Waals surface area contributed by atoms with Crippen LogP contribution < -0.4 is 5.73 Å². The van der Waals surface area contributed by atoms with Gasteiger partial charge in [0.25, 0.3) is 0 Å². The molecule has 18 heavy (non-hydrogen) atoms. The van der Waals surface area contributed by atoms with Crippen LogP contribution in [-0.2, 0) is 14.8 Å². The molecular weight excluding hydrogens is 254 g/mol. The summed E-state index contributed by atoms with van der Waals surface area (Å²) in [6.45, 7) is 4.41. The van der Waals surface area contributed by atoms with Crippen LogP contribution in [0.1, 0.15) is 13.8 Å². The maximum absolute atomic E-state index is 12.4. The molecule has 1 aliphatic heterocycles. The molecule has 1 aromatic rings. The minimum Gasteiger partial charge on any atom is -0.397 e. The third kappa shape index (κ3) is 2.63. The summed E-state index contributed by atoms with van der Waals surface area (Å²) in [5, 5.41) is 0. The summed E-state index contributed by atoms with van der Waals surface area (Å²) in [7, 11) is -3.54. The SMILES string of the molecule is CC1CN(S(=O)(=O)c2cncc(N)c2)CC(C)O1. The Morgan fingerprint density at radius 3 is 2.50 bits per heavy atom. The van der Waals surface area contributed by atoms with Gasteiger partial charge in [-0.1, -0.05) is 0 Å². The van der Waals surface area contributed by atoms with Crippen molar-refractivity contribution in [2.75, 3.05) is 18.8 Å². The Kier molecular flexibility index (Phi) is 3.56. The molecular formula is C11H17N3O3S. The van der Waals surface area contributed by atoms with Gasteiger partial charge in [0.15, 0.2) is 0 Å². The van der Waals surface area contributed by atoms with Crippen LogP contribution in [0.15, 0.2) is 23.4 Å². The highest BCUT2D eigenvalue weighted by atomic mass is 32.2. The minimum atomic E-state index is -3.54. The number of rotatable bonds is 2. The van der Waals surface area contributed by atoms with E-state index in [0.717, 1.165) is 0 Å². The molecule has 100 valence electrons. The molecule has 1 aliphatic rings. The van der Waals surface area contributed by atoms with E-state index in [9.17, 15) is 8.42 Å². The van der Waals surface area contributed by atoms with Crippen molar-refractivity contribution < 1.29 is 13.2 Å². The number of nitrogens with zero attached hydrogens (tertiary/aromatic N) is 2. The third-order valence-electron chi connectivity index (χ3n) is 2.76. The predicted octanol–water partition coefficient (Wildman–Crippen LogP) is 0.462. The molecule has 1 fully saturated rings. The van der Waals surface area contributed by atoms with E-state index in [-0.39, 0.29) is 17.1 Å². The lowest BCUT2D eigenvalue weighted by molar-refractivity contribution is -0.0440. The Hall–Kier alpha value is -1.18. The van der Waals surface area contributed by atoms with E-state index < -0.39 is 10.0 Å². The van der Waals surface area contributed by atoms with Crippen LogP contribution in [0.4, 0.5) is 5.69 Å². The second kappa shape index (κ2) is 4.83. The van der Waals surface area contributed by atoms with E-state index in [1.165, 1.54) is 22.8 Å². The van der Waals surface area contributed by atoms with E-state index in [1.54, 1.807) is 0 Å². The highest BCUT2D eigenvalue weighted by molar-refractivity contribution is 7.89. The van der Waals surface area contributed by atoms with Crippen LogP contribution in [0, 0.1) is 0 Å². The quantitative estimate of drug-likeness (QED) is 0.844. The third-order valence-corrected chi connectivity index (χ3v) is 4.56. The molecule has 2 atom stereocenters. The van der Waals surface area contributed by atoms with Crippen molar-refractivity contribution in [1.29, 1.82) is 0 Å². The van der Waals surface area contributed by atoms with Gasteiger partial charge in [0.1, 0.15) is 4.90 Å². The zero-order chi connectivity index (χ0) is 13.3. The molecule has 2 rings (SSSR count). The van der Waals surface area contributed by atoms with Gasteiger partial charge in [-0.3, -0.25) is 4.98 Å². The van der Waals surface area contributed by atoms with E-state index in [1.807, 2.05) is 13.8 Å². The average Bonchev–Trinajstić information content (AvgIpc) is 2.27. The lowest BCUT2D eigenvalue weighted by Gasteiger charge is -2.34. The first kappa shape index (κ1) is 13.3. The number of anilines is 1. The Labute approximate surface area is 107 Å². The Bertz CT molecular complexity index is 522. The molecule has 6 nitrogen and oxygen atoms in total. The number of aromatic nitrogens is 1. The molecule has 0 radical (unpaired) electrons. The molecule has 2 heterocycles. The normalized spacial score (nSPS) is 26.1. The first-order valence-corrected chi connectivity index (χ1v) is 7.19. The lowest BCUT2D eigenvalue weighted by atomic mass is 10.3. The molecule has 0 aromatic carbocycles. The summed E-state index contributed by atoms with van der Waals surface area (Å²) in [6, 6.07) is 1.42. The summed E-state index contributed by atoms with van der Waals surface area (Å²) >= 11 is 0. The molecule has 1 saturated heterocycles. The summed E-state index contributed by atoms with van der Waals surface area (Å²) < 4.78 is 31.8. The summed E-state index contributed by atoms with van der Waals surface area (Å²) in [6.07, 6.45) is 2.51. The van der Waals surface area contributed by atoms with E-state index >= 15 is 0 Å². The van der Waals surface area contributed by atoms with Gasteiger partial charge >= 0.3 is 0 Å². The summed E-state index contributed by atoms with van der Waals surface area (Å²) in [4.78, 5) is 3.95.